The molecule has 150 valence electrons. The third-order valence-electron chi connectivity index (χ3n) is 5.23. The first kappa shape index (κ1) is 18.5. The van der Waals surface area contributed by atoms with E-state index in [2.05, 4.69) is 15.3 Å². The maximum Gasteiger partial charge on any atom is 0.283 e. The zero-order chi connectivity index (χ0) is 20.7. The number of hydrogen-bond donors (Lipinski definition) is 0. The van der Waals surface area contributed by atoms with Crippen LogP contribution in [0, 0.1) is 0 Å². The van der Waals surface area contributed by atoms with E-state index in [4.69, 9.17) is 11.6 Å². The van der Waals surface area contributed by atoms with Crippen molar-refractivity contribution in [2.75, 3.05) is 11.4 Å². The number of carbonyl (C=O) groups is 1. The Balaban J connectivity index is 1.40. The second kappa shape index (κ2) is 7.38. The van der Waals surface area contributed by atoms with Gasteiger partial charge < -0.3 is 4.90 Å². The smallest absolute Gasteiger partial charge is 0.283 e. The summed E-state index contributed by atoms with van der Waals surface area (Å²) in [5.41, 5.74) is 3.13. The number of aromatic nitrogens is 5. The van der Waals surface area contributed by atoms with Crippen LogP contribution in [0.4, 0.5) is 5.69 Å². The van der Waals surface area contributed by atoms with Crippen molar-refractivity contribution < 1.29 is 4.79 Å². The molecule has 0 spiro atoms. The largest absolute Gasteiger partial charge is 0.310 e. The first-order valence-electron chi connectivity index (χ1n) is 9.51. The van der Waals surface area contributed by atoms with Crippen LogP contribution in [-0.2, 0) is 24.3 Å². The molecule has 2 aromatic carbocycles. The van der Waals surface area contributed by atoms with Gasteiger partial charge in [0.2, 0.25) is 5.91 Å². The average molecular weight is 421 g/mol. The second-order valence-electron chi connectivity index (χ2n) is 7.15. The Morgan fingerprint density at radius 1 is 1.10 bits per heavy atom. The third kappa shape index (κ3) is 3.25. The van der Waals surface area contributed by atoms with Gasteiger partial charge in [-0.15, -0.1) is 5.10 Å². The van der Waals surface area contributed by atoms with Crippen LogP contribution >= 0.6 is 11.6 Å². The van der Waals surface area contributed by atoms with Gasteiger partial charge in [-0.1, -0.05) is 47.1 Å². The summed E-state index contributed by atoms with van der Waals surface area (Å²) >= 11 is 5.92. The SMILES string of the molecule is O=C(Cn1cnc2c(nnn2Cc2ccc(Cl)cc2)c1=O)N1CCc2ccccc21. The van der Waals surface area contributed by atoms with Gasteiger partial charge in [0, 0.05) is 17.3 Å². The predicted octanol–water partition coefficient (Wildman–Crippen LogP) is 2.28. The first-order valence-corrected chi connectivity index (χ1v) is 9.89. The molecule has 0 saturated carbocycles. The Hall–Kier alpha value is -3.52. The van der Waals surface area contributed by atoms with Crippen LogP contribution in [0.5, 0.6) is 0 Å². The van der Waals surface area contributed by atoms with E-state index in [1.807, 2.05) is 36.4 Å². The lowest BCUT2D eigenvalue weighted by Crippen LogP contribution is -2.35. The number of rotatable bonds is 4. The van der Waals surface area contributed by atoms with Crippen LogP contribution in [0.25, 0.3) is 11.2 Å². The molecule has 5 rings (SSSR count). The molecule has 0 unspecified atom stereocenters. The molecular weight excluding hydrogens is 404 g/mol. The first-order chi connectivity index (χ1) is 14.6. The molecule has 4 aromatic rings. The lowest BCUT2D eigenvalue weighted by Gasteiger charge is -2.17. The van der Waals surface area contributed by atoms with Crippen molar-refractivity contribution in [3.63, 3.8) is 0 Å². The van der Waals surface area contributed by atoms with Gasteiger partial charge in [-0.2, -0.15) is 0 Å². The Morgan fingerprint density at radius 3 is 2.73 bits per heavy atom. The number of halogens is 1. The Bertz CT molecular complexity index is 1310. The van der Waals surface area contributed by atoms with E-state index < -0.39 is 0 Å². The normalized spacial score (nSPS) is 13.0. The van der Waals surface area contributed by atoms with E-state index in [-0.39, 0.29) is 23.5 Å². The number of benzene rings is 2. The van der Waals surface area contributed by atoms with Crippen LogP contribution in [0.2, 0.25) is 5.02 Å². The number of para-hydroxylation sites is 1. The highest BCUT2D eigenvalue weighted by molar-refractivity contribution is 6.30. The molecule has 0 fully saturated rings. The average Bonchev–Trinajstić information content (AvgIpc) is 3.36. The quantitative estimate of drug-likeness (QED) is 0.505. The summed E-state index contributed by atoms with van der Waals surface area (Å²) in [5.74, 6) is -0.156. The summed E-state index contributed by atoms with van der Waals surface area (Å²) in [7, 11) is 0. The van der Waals surface area contributed by atoms with Gasteiger partial charge in [-0.25, -0.2) is 9.67 Å². The highest BCUT2D eigenvalue weighted by Crippen LogP contribution is 2.27. The molecule has 0 aliphatic carbocycles. The minimum absolute atomic E-state index is 0.0971. The molecule has 2 aromatic heterocycles. The van der Waals surface area contributed by atoms with Crippen molar-refractivity contribution in [3.8, 4) is 0 Å². The molecule has 0 saturated heterocycles. The molecule has 0 radical (unpaired) electrons. The molecule has 9 heteroatoms. The van der Waals surface area contributed by atoms with Crippen LogP contribution in [0.15, 0.2) is 59.7 Å². The number of hydrogen-bond acceptors (Lipinski definition) is 5. The summed E-state index contributed by atoms with van der Waals surface area (Å²) in [6, 6.07) is 15.1. The molecule has 0 atom stereocenters. The number of fused-ring (bicyclic) bond motifs is 2. The minimum Gasteiger partial charge on any atom is -0.310 e. The molecular formula is C21H17ClN6O2. The van der Waals surface area contributed by atoms with Gasteiger partial charge in [0.05, 0.1) is 6.54 Å². The lowest BCUT2D eigenvalue weighted by molar-refractivity contribution is -0.119. The molecule has 1 aliphatic heterocycles. The number of carbonyl (C=O) groups excluding carboxylic acids is 1. The lowest BCUT2D eigenvalue weighted by atomic mass is 10.2. The van der Waals surface area contributed by atoms with Crippen molar-refractivity contribution in [1.29, 1.82) is 0 Å². The fourth-order valence-electron chi connectivity index (χ4n) is 3.70. The summed E-state index contributed by atoms with van der Waals surface area (Å²) in [5, 5.41) is 8.71. The van der Waals surface area contributed by atoms with E-state index in [9.17, 15) is 9.59 Å². The standard InChI is InChI=1S/C21H17ClN6O2/c22-16-7-5-14(6-8-16)11-28-20-19(24-25-28)21(30)26(13-23-20)12-18(29)27-10-9-15-3-1-2-4-17(15)27/h1-8,13H,9-12H2. The summed E-state index contributed by atoms with van der Waals surface area (Å²) < 4.78 is 2.84. The van der Waals surface area contributed by atoms with E-state index in [0.29, 0.717) is 23.8 Å². The van der Waals surface area contributed by atoms with E-state index in [0.717, 1.165) is 23.2 Å². The monoisotopic (exact) mass is 420 g/mol. The molecule has 1 amide bonds. The highest BCUT2D eigenvalue weighted by atomic mass is 35.5. The van der Waals surface area contributed by atoms with Gasteiger partial charge in [0.15, 0.2) is 11.2 Å². The van der Waals surface area contributed by atoms with Gasteiger partial charge in [0.25, 0.3) is 5.56 Å². The molecule has 0 N–H and O–H groups in total. The molecule has 0 bridgehead atoms. The Labute approximate surface area is 176 Å². The van der Waals surface area contributed by atoms with E-state index >= 15 is 0 Å². The maximum absolute atomic E-state index is 12.9. The predicted molar refractivity (Wildman–Crippen MR) is 113 cm³/mol. The Kier molecular flexibility index (Phi) is 4.55. The maximum atomic E-state index is 12.9. The van der Waals surface area contributed by atoms with Crippen molar-refractivity contribution in [2.24, 2.45) is 0 Å². The van der Waals surface area contributed by atoms with Gasteiger partial charge in [0.1, 0.15) is 12.9 Å². The van der Waals surface area contributed by atoms with Crippen molar-refractivity contribution in [1.82, 2.24) is 24.5 Å². The Morgan fingerprint density at radius 2 is 1.90 bits per heavy atom. The van der Waals surface area contributed by atoms with Crippen LogP contribution in [0.3, 0.4) is 0 Å². The highest BCUT2D eigenvalue weighted by Gasteiger charge is 2.25. The van der Waals surface area contributed by atoms with E-state index in [1.165, 1.54) is 10.9 Å². The number of amides is 1. The fourth-order valence-corrected chi connectivity index (χ4v) is 3.82. The molecule has 30 heavy (non-hydrogen) atoms. The molecule has 3 heterocycles. The van der Waals surface area contributed by atoms with Gasteiger partial charge in [-0.05, 0) is 35.7 Å². The van der Waals surface area contributed by atoms with Crippen molar-refractivity contribution in [3.05, 3.63) is 81.4 Å². The molecule has 1 aliphatic rings. The molecule has 8 nitrogen and oxygen atoms in total. The zero-order valence-electron chi connectivity index (χ0n) is 15.9. The van der Waals surface area contributed by atoms with Gasteiger partial charge >= 0.3 is 0 Å². The number of anilines is 1. The summed E-state index contributed by atoms with van der Waals surface area (Å²) in [6.45, 7) is 0.924. The van der Waals surface area contributed by atoms with Crippen molar-refractivity contribution >= 4 is 34.4 Å². The second-order valence-corrected chi connectivity index (χ2v) is 7.58. The summed E-state index contributed by atoms with van der Waals surface area (Å²) in [6.07, 6.45) is 2.19. The minimum atomic E-state index is -0.386. The van der Waals surface area contributed by atoms with Crippen LogP contribution < -0.4 is 10.5 Å². The zero-order valence-corrected chi connectivity index (χ0v) is 16.7. The summed E-state index contributed by atoms with van der Waals surface area (Å²) in [4.78, 5) is 31.7. The third-order valence-corrected chi connectivity index (χ3v) is 5.48. The van der Waals surface area contributed by atoms with Crippen LogP contribution in [-0.4, -0.2) is 37.0 Å². The topological polar surface area (TPSA) is 85.9 Å². The van der Waals surface area contributed by atoms with Crippen LogP contribution in [0.1, 0.15) is 11.1 Å². The van der Waals surface area contributed by atoms with Gasteiger partial charge in [-0.3, -0.25) is 14.2 Å². The van der Waals surface area contributed by atoms with Crippen molar-refractivity contribution in [2.45, 2.75) is 19.5 Å². The van der Waals surface area contributed by atoms with E-state index in [1.54, 1.807) is 21.7 Å². The fraction of sp³-hybridized carbons (Fsp3) is 0.190. The number of nitrogens with zero attached hydrogens (tertiary/aromatic N) is 6.